The van der Waals surface area contributed by atoms with Gasteiger partial charge in [0.25, 0.3) is 0 Å². The summed E-state index contributed by atoms with van der Waals surface area (Å²) in [7, 11) is 0. The summed E-state index contributed by atoms with van der Waals surface area (Å²) in [6, 6.07) is 9.71. The van der Waals surface area contributed by atoms with E-state index in [1.54, 1.807) is 24.3 Å². The van der Waals surface area contributed by atoms with E-state index in [4.69, 9.17) is 16.3 Å². The van der Waals surface area contributed by atoms with Crippen molar-refractivity contribution in [2.75, 3.05) is 5.32 Å². The van der Waals surface area contributed by atoms with Crippen molar-refractivity contribution in [3.63, 3.8) is 0 Å². The number of hydrogen-bond acceptors (Lipinski definition) is 3. The zero-order valence-corrected chi connectivity index (χ0v) is 11.7. The number of benzene rings is 2. The van der Waals surface area contributed by atoms with Gasteiger partial charge in [-0.15, -0.1) is 0 Å². The molecule has 0 saturated carbocycles. The fourth-order valence-corrected chi connectivity index (χ4v) is 2.44. The quantitative estimate of drug-likeness (QED) is 0.817. The minimum Gasteiger partial charge on any atom is -0.434 e. The number of rotatable bonds is 2. The SMILES string of the molecule is O=C1O[C@@H](Nc2ccc(C(F)(F)F)cc2Cl)c2ccccc21. The van der Waals surface area contributed by atoms with Gasteiger partial charge in [-0.1, -0.05) is 29.8 Å². The summed E-state index contributed by atoms with van der Waals surface area (Å²) in [5.41, 5.74) is 0.447. The Morgan fingerprint density at radius 3 is 2.55 bits per heavy atom. The summed E-state index contributed by atoms with van der Waals surface area (Å²) >= 11 is 5.87. The fourth-order valence-electron chi connectivity index (χ4n) is 2.20. The number of cyclic esters (lactones) is 1. The standard InChI is InChI=1S/C15H9ClF3NO2/c16-11-7-8(15(17,18)19)5-6-12(11)20-13-9-3-1-2-4-10(9)14(21)22-13/h1-7,13,20H/t13-/m1/s1. The molecule has 3 nitrogen and oxygen atoms in total. The summed E-state index contributed by atoms with van der Waals surface area (Å²) in [6.45, 7) is 0. The molecule has 7 heteroatoms. The first-order valence-corrected chi connectivity index (χ1v) is 6.67. The smallest absolute Gasteiger partial charge is 0.416 e. The van der Waals surface area contributed by atoms with Crippen LogP contribution in [0.15, 0.2) is 42.5 Å². The third kappa shape index (κ3) is 2.62. The maximum Gasteiger partial charge on any atom is 0.416 e. The Bertz CT molecular complexity index is 746. The normalized spacial score (nSPS) is 17.1. The van der Waals surface area contributed by atoms with Crippen LogP contribution in [0.25, 0.3) is 0 Å². The average Bonchev–Trinajstić information content (AvgIpc) is 2.77. The monoisotopic (exact) mass is 327 g/mol. The van der Waals surface area contributed by atoms with Crippen LogP contribution in [0, 0.1) is 0 Å². The number of fused-ring (bicyclic) bond motifs is 1. The van der Waals surface area contributed by atoms with Gasteiger partial charge in [0.1, 0.15) is 0 Å². The van der Waals surface area contributed by atoms with Crippen LogP contribution in [-0.4, -0.2) is 5.97 Å². The van der Waals surface area contributed by atoms with Crippen molar-refractivity contribution in [1.82, 2.24) is 0 Å². The van der Waals surface area contributed by atoms with Crippen molar-refractivity contribution in [2.45, 2.75) is 12.4 Å². The molecule has 0 amide bonds. The lowest BCUT2D eigenvalue weighted by molar-refractivity contribution is -0.137. The highest BCUT2D eigenvalue weighted by atomic mass is 35.5. The summed E-state index contributed by atoms with van der Waals surface area (Å²) in [5.74, 6) is -0.490. The molecule has 22 heavy (non-hydrogen) atoms. The van der Waals surface area contributed by atoms with E-state index in [0.717, 1.165) is 12.1 Å². The number of halogens is 4. The van der Waals surface area contributed by atoms with Crippen LogP contribution in [-0.2, 0) is 10.9 Å². The van der Waals surface area contributed by atoms with Crippen molar-refractivity contribution >= 4 is 23.3 Å². The number of nitrogens with one attached hydrogen (secondary N) is 1. The van der Waals surface area contributed by atoms with E-state index in [1.807, 2.05) is 0 Å². The molecule has 0 spiro atoms. The summed E-state index contributed by atoms with van der Waals surface area (Å²) < 4.78 is 43.0. The minimum atomic E-state index is -4.46. The fraction of sp³-hybridized carbons (Fsp3) is 0.133. The second kappa shape index (κ2) is 5.21. The van der Waals surface area contributed by atoms with Crippen LogP contribution in [0.2, 0.25) is 5.02 Å². The van der Waals surface area contributed by atoms with E-state index in [-0.39, 0.29) is 10.7 Å². The number of alkyl halides is 3. The van der Waals surface area contributed by atoms with Gasteiger partial charge in [0.2, 0.25) is 6.23 Å². The molecule has 0 aliphatic carbocycles. The zero-order valence-electron chi connectivity index (χ0n) is 10.9. The third-order valence-corrected chi connectivity index (χ3v) is 3.58. The molecule has 1 aliphatic heterocycles. The van der Waals surface area contributed by atoms with Crippen molar-refractivity contribution in [3.05, 3.63) is 64.2 Å². The minimum absolute atomic E-state index is 0.102. The number of ether oxygens (including phenoxy) is 1. The van der Waals surface area contributed by atoms with Gasteiger partial charge < -0.3 is 10.1 Å². The van der Waals surface area contributed by atoms with Gasteiger partial charge in [0, 0.05) is 5.56 Å². The van der Waals surface area contributed by atoms with Gasteiger partial charge in [0.05, 0.1) is 21.8 Å². The molecular weight excluding hydrogens is 319 g/mol. The summed E-state index contributed by atoms with van der Waals surface area (Å²) in [5, 5.41) is 2.73. The van der Waals surface area contributed by atoms with E-state index < -0.39 is 23.9 Å². The van der Waals surface area contributed by atoms with Crippen LogP contribution < -0.4 is 5.32 Å². The van der Waals surface area contributed by atoms with Gasteiger partial charge in [-0.05, 0) is 24.3 Å². The molecule has 0 bridgehead atoms. The number of anilines is 1. The van der Waals surface area contributed by atoms with Crippen LogP contribution >= 0.6 is 11.6 Å². The molecule has 0 radical (unpaired) electrons. The Kier molecular flexibility index (Phi) is 3.48. The molecule has 1 heterocycles. The van der Waals surface area contributed by atoms with Crippen LogP contribution in [0.1, 0.15) is 27.7 Å². The van der Waals surface area contributed by atoms with Gasteiger partial charge in [-0.2, -0.15) is 13.2 Å². The number of hydrogen-bond donors (Lipinski definition) is 1. The maximum atomic E-state index is 12.6. The van der Waals surface area contributed by atoms with Crippen molar-refractivity contribution in [2.24, 2.45) is 0 Å². The Morgan fingerprint density at radius 2 is 1.86 bits per heavy atom. The number of carbonyl (C=O) groups excluding carboxylic acids is 1. The average molecular weight is 328 g/mol. The predicted octanol–water partition coefficient (Wildman–Crippen LogP) is 4.64. The number of carbonyl (C=O) groups is 1. The Morgan fingerprint density at radius 1 is 1.14 bits per heavy atom. The Labute approximate surface area is 128 Å². The molecule has 0 fully saturated rings. The van der Waals surface area contributed by atoms with Crippen LogP contribution in [0.3, 0.4) is 0 Å². The second-order valence-electron chi connectivity index (χ2n) is 4.71. The highest BCUT2D eigenvalue weighted by Gasteiger charge is 2.33. The van der Waals surface area contributed by atoms with Gasteiger partial charge in [0.15, 0.2) is 0 Å². The van der Waals surface area contributed by atoms with Crippen molar-refractivity contribution < 1.29 is 22.7 Å². The summed E-state index contributed by atoms with van der Waals surface area (Å²) in [4.78, 5) is 11.7. The Hall–Kier alpha value is -2.21. The molecule has 2 aromatic rings. The van der Waals surface area contributed by atoms with Gasteiger partial charge in [-0.25, -0.2) is 4.79 Å². The largest absolute Gasteiger partial charge is 0.434 e. The first-order valence-electron chi connectivity index (χ1n) is 6.29. The molecule has 3 rings (SSSR count). The third-order valence-electron chi connectivity index (χ3n) is 3.27. The highest BCUT2D eigenvalue weighted by Crippen LogP contribution is 2.37. The molecule has 1 N–H and O–H groups in total. The Balaban J connectivity index is 1.88. The number of esters is 1. The van der Waals surface area contributed by atoms with Crippen molar-refractivity contribution in [1.29, 1.82) is 0 Å². The van der Waals surface area contributed by atoms with E-state index in [1.165, 1.54) is 6.07 Å². The molecular formula is C15H9ClF3NO2. The molecule has 114 valence electrons. The molecule has 1 atom stereocenters. The first kappa shape index (κ1) is 14.7. The lowest BCUT2D eigenvalue weighted by Gasteiger charge is -2.16. The predicted molar refractivity (Wildman–Crippen MR) is 74.7 cm³/mol. The van der Waals surface area contributed by atoms with Crippen molar-refractivity contribution in [3.8, 4) is 0 Å². The van der Waals surface area contributed by atoms with Gasteiger partial charge >= 0.3 is 12.1 Å². The first-order chi connectivity index (χ1) is 10.4. The van der Waals surface area contributed by atoms with Crippen LogP contribution in [0.5, 0.6) is 0 Å². The van der Waals surface area contributed by atoms with E-state index in [9.17, 15) is 18.0 Å². The molecule has 2 aromatic carbocycles. The lowest BCUT2D eigenvalue weighted by Crippen LogP contribution is -2.11. The second-order valence-corrected chi connectivity index (χ2v) is 5.12. The van der Waals surface area contributed by atoms with Gasteiger partial charge in [-0.3, -0.25) is 0 Å². The van der Waals surface area contributed by atoms with E-state index in [2.05, 4.69) is 5.32 Å². The summed E-state index contributed by atoms with van der Waals surface area (Å²) in [6.07, 6.45) is -5.24. The molecule has 1 aliphatic rings. The highest BCUT2D eigenvalue weighted by molar-refractivity contribution is 6.33. The maximum absolute atomic E-state index is 12.6. The zero-order chi connectivity index (χ0) is 15.9. The molecule has 0 saturated heterocycles. The molecule has 0 aromatic heterocycles. The lowest BCUT2D eigenvalue weighted by atomic mass is 10.1. The van der Waals surface area contributed by atoms with E-state index >= 15 is 0 Å². The topological polar surface area (TPSA) is 38.3 Å². The van der Waals surface area contributed by atoms with Crippen LogP contribution in [0.4, 0.5) is 18.9 Å². The molecule has 0 unspecified atom stereocenters. The van der Waals surface area contributed by atoms with E-state index in [0.29, 0.717) is 11.1 Å².